The zero-order valence-electron chi connectivity index (χ0n) is 19.1. The lowest BCUT2D eigenvalue weighted by Crippen LogP contribution is -2.49. The molecule has 1 fully saturated rings. The van der Waals surface area contributed by atoms with E-state index in [1.54, 1.807) is 51.1 Å². The molecular formula is C24H28FN3O4S. The van der Waals surface area contributed by atoms with E-state index in [0.717, 1.165) is 5.56 Å². The molecule has 0 bridgehead atoms. The van der Waals surface area contributed by atoms with E-state index in [2.05, 4.69) is 10.6 Å². The van der Waals surface area contributed by atoms with Gasteiger partial charge in [0.25, 0.3) is 0 Å². The number of urea groups is 1. The predicted molar refractivity (Wildman–Crippen MR) is 126 cm³/mol. The van der Waals surface area contributed by atoms with Crippen molar-refractivity contribution in [1.29, 1.82) is 0 Å². The number of hydrogen-bond acceptors (Lipinski definition) is 5. The van der Waals surface area contributed by atoms with Crippen LogP contribution >= 0.6 is 11.8 Å². The Hall–Kier alpha value is -3.07. The first-order valence-electron chi connectivity index (χ1n) is 10.6. The van der Waals surface area contributed by atoms with Crippen molar-refractivity contribution in [2.45, 2.75) is 44.7 Å². The number of nitrogens with one attached hydrogen (secondary N) is 2. The number of carbonyl (C=O) groups is 3. The minimum Gasteiger partial charge on any atom is -0.458 e. The summed E-state index contributed by atoms with van der Waals surface area (Å²) >= 11 is 1.28. The van der Waals surface area contributed by atoms with Crippen LogP contribution in [-0.4, -0.2) is 46.7 Å². The van der Waals surface area contributed by atoms with Crippen molar-refractivity contribution in [3.05, 3.63) is 65.5 Å². The summed E-state index contributed by atoms with van der Waals surface area (Å²) in [5.41, 5.74) is 1.13. The maximum absolute atomic E-state index is 14.5. The largest absolute Gasteiger partial charge is 0.458 e. The standard InChI is InChI=1S/C24H28FN3O4S/c1-15-8-7-9-16(12-15)27-23(31)26-13-20(29)28-19(22(30)32-24(2,3)4)14-33-21(28)17-10-5-6-11-18(17)25/h5-12,19,21H,13-14H2,1-4H3,(H2,26,27,31)/t19-,21+/m0/s1. The highest BCUT2D eigenvalue weighted by Crippen LogP contribution is 2.42. The minimum atomic E-state index is -0.895. The molecule has 176 valence electrons. The van der Waals surface area contributed by atoms with E-state index < -0.39 is 40.7 Å². The molecule has 0 unspecified atom stereocenters. The summed E-state index contributed by atoms with van der Waals surface area (Å²) in [5.74, 6) is -1.28. The topological polar surface area (TPSA) is 87.7 Å². The molecule has 1 saturated heterocycles. The molecule has 1 aliphatic rings. The van der Waals surface area contributed by atoms with Gasteiger partial charge in [0.2, 0.25) is 5.91 Å². The van der Waals surface area contributed by atoms with E-state index in [1.807, 2.05) is 19.1 Å². The number of ether oxygens (including phenoxy) is 1. The number of hydrogen-bond donors (Lipinski definition) is 2. The van der Waals surface area contributed by atoms with Crippen LogP contribution in [0.15, 0.2) is 48.5 Å². The number of aryl methyl sites for hydroxylation is 1. The first kappa shape index (κ1) is 24.6. The number of anilines is 1. The van der Waals surface area contributed by atoms with Gasteiger partial charge < -0.3 is 20.3 Å². The van der Waals surface area contributed by atoms with E-state index in [9.17, 15) is 18.8 Å². The number of halogens is 1. The zero-order chi connectivity index (χ0) is 24.2. The second-order valence-corrected chi connectivity index (χ2v) is 9.85. The molecule has 7 nitrogen and oxygen atoms in total. The third kappa shape index (κ3) is 6.47. The Morgan fingerprint density at radius 1 is 1.15 bits per heavy atom. The lowest BCUT2D eigenvalue weighted by molar-refractivity contribution is -0.163. The molecule has 3 rings (SSSR count). The van der Waals surface area contributed by atoms with Crippen LogP contribution in [-0.2, 0) is 14.3 Å². The fraction of sp³-hybridized carbons (Fsp3) is 0.375. The Labute approximate surface area is 197 Å². The molecule has 2 aromatic carbocycles. The van der Waals surface area contributed by atoms with Gasteiger partial charge in [-0.05, 0) is 51.5 Å². The molecule has 0 aromatic heterocycles. The van der Waals surface area contributed by atoms with Crippen LogP contribution in [0.2, 0.25) is 0 Å². The van der Waals surface area contributed by atoms with Crippen LogP contribution in [0.1, 0.15) is 37.3 Å². The minimum absolute atomic E-state index is 0.259. The van der Waals surface area contributed by atoms with E-state index in [4.69, 9.17) is 4.74 Å². The van der Waals surface area contributed by atoms with Gasteiger partial charge >= 0.3 is 12.0 Å². The van der Waals surface area contributed by atoms with Crippen molar-refractivity contribution in [2.75, 3.05) is 17.6 Å². The summed E-state index contributed by atoms with van der Waals surface area (Å²) in [7, 11) is 0. The summed E-state index contributed by atoms with van der Waals surface area (Å²) < 4.78 is 20.0. The average Bonchev–Trinajstić information content (AvgIpc) is 3.16. The summed E-state index contributed by atoms with van der Waals surface area (Å²) in [5, 5.41) is 4.48. The normalized spacial score (nSPS) is 18.0. The number of thioether (sulfide) groups is 1. The number of esters is 1. The van der Waals surface area contributed by atoms with Crippen LogP contribution in [0.5, 0.6) is 0 Å². The Bertz CT molecular complexity index is 1040. The van der Waals surface area contributed by atoms with Crippen LogP contribution in [0.25, 0.3) is 0 Å². The van der Waals surface area contributed by atoms with Gasteiger partial charge in [0.15, 0.2) is 0 Å². The monoisotopic (exact) mass is 473 g/mol. The Balaban J connectivity index is 1.75. The number of carbonyl (C=O) groups excluding carboxylic acids is 3. The van der Waals surface area contributed by atoms with Crippen molar-refractivity contribution in [3.8, 4) is 0 Å². The highest BCUT2D eigenvalue weighted by Gasteiger charge is 2.44. The quantitative estimate of drug-likeness (QED) is 0.635. The number of benzene rings is 2. The maximum Gasteiger partial charge on any atom is 0.330 e. The molecule has 9 heteroatoms. The van der Waals surface area contributed by atoms with Gasteiger partial charge in [-0.25, -0.2) is 14.0 Å². The van der Waals surface area contributed by atoms with E-state index in [-0.39, 0.29) is 12.3 Å². The number of nitrogens with zero attached hydrogens (tertiary/aromatic N) is 1. The fourth-order valence-electron chi connectivity index (χ4n) is 3.42. The van der Waals surface area contributed by atoms with Gasteiger partial charge in [0.1, 0.15) is 22.8 Å². The fourth-order valence-corrected chi connectivity index (χ4v) is 4.88. The number of rotatable bonds is 5. The van der Waals surface area contributed by atoms with E-state index in [0.29, 0.717) is 11.3 Å². The highest BCUT2D eigenvalue weighted by molar-refractivity contribution is 7.99. The summed E-state index contributed by atoms with van der Waals surface area (Å²) in [4.78, 5) is 39.6. The van der Waals surface area contributed by atoms with E-state index >= 15 is 0 Å². The molecule has 0 radical (unpaired) electrons. The molecule has 0 saturated carbocycles. The third-order valence-electron chi connectivity index (χ3n) is 4.81. The smallest absolute Gasteiger partial charge is 0.330 e. The first-order chi connectivity index (χ1) is 15.5. The summed E-state index contributed by atoms with van der Waals surface area (Å²) in [6.45, 7) is 6.76. The van der Waals surface area contributed by atoms with Gasteiger partial charge in [-0.15, -0.1) is 11.8 Å². The van der Waals surface area contributed by atoms with Crippen molar-refractivity contribution in [1.82, 2.24) is 10.2 Å². The summed E-state index contributed by atoms with van der Waals surface area (Å²) in [6.07, 6.45) is 0. The first-order valence-corrected chi connectivity index (χ1v) is 11.6. The van der Waals surface area contributed by atoms with Crippen LogP contribution < -0.4 is 10.6 Å². The molecule has 2 aromatic rings. The van der Waals surface area contributed by atoms with Gasteiger partial charge in [-0.3, -0.25) is 4.79 Å². The Kier molecular flexibility index (Phi) is 7.63. The Morgan fingerprint density at radius 2 is 1.88 bits per heavy atom. The van der Waals surface area contributed by atoms with Gasteiger partial charge in [-0.1, -0.05) is 30.3 Å². The molecule has 1 aliphatic heterocycles. The maximum atomic E-state index is 14.5. The van der Waals surface area contributed by atoms with Crippen LogP contribution in [0.4, 0.5) is 14.9 Å². The molecular weight excluding hydrogens is 445 g/mol. The van der Waals surface area contributed by atoms with Crippen molar-refractivity contribution < 1.29 is 23.5 Å². The van der Waals surface area contributed by atoms with Crippen LogP contribution in [0.3, 0.4) is 0 Å². The molecule has 2 atom stereocenters. The molecule has 3 amide bonds. The lowest BCUT2D eigenvalue weighted by atomic mass is 10.1. The van der Waals surface area contributed by atoms with Crippen molar-refractivity contribution >= 4 is 35.4 Å². The zero-order valence-corrected chi connectivity index (χ0v) is 19.9. The SMILES string of the molecule is Cc1cccc(NC(=O)NCC(=O)N2[C@@H](c3ccccc3F)SC[C@H]2C(=O)OC(C)(C)C)c1. The number of amides is 3. The van der Waals surface area contributed by atoms with Crippen LogP contribution in [0, 0.1) is 12.7 Å². The highest BCUT2D eigenvalue weighted by atomic mass is 32.2. The summed E-state index contributed by atoms with van der Waals surface area (Å²) in [6, 6.07) is 11.9. The average molecular weight is 474 g/mol. The van der Waals surface area contributed by atoms with Crippen molar-refractivity contribution in [3.63, 3.8) is 0 Å². The second kappa shape index (κ2) is 10.2. The van der Waals surface area contributed by atoms with Crippen molar-refractivity contribution in [2.24, 2.45) is 0 Å². The lowest BCUT2D eigenvalue weighted by Gasteiger charge is -2.30. The Morgan fingerprint density at radius 3 is 2.55 bits per heavy atom. The molecule has 0 spiro atoms. The van der Waals surface area contributed by atoms with Gasteiger partial charge in [0, 0.05) is 17.0 Å². The van der Waals surface area contributed by atoms with Gasteiger partial charge in [0.05, 0.1) is 6.54 Å². The van der Waals surface area contributed by atoms with Gasteiger partial charge in [-0.2, -0.15) is 0 Å². The molecule has 2 N–H and O–H groups in total. The molecule has 1 heterocycles. The van der Waals surface area contributed by atoms with E-state index in [1.165, 1.54) is 22.7 Å². The second-order valence-electron chi connectivity index (χ2n) is 8.73. The molecule has 33 heavy (non-hydrogen) atoms. The predicted octanol–water partition coefficient (Wildman–Crippen LogP) is 4.24. The third-order valence-corrected chi connectivity index (χ3v) is 6.12. The molecule has 0 aliphatic carbocycles.